The Kier molecular flexibility index (Phi) is 4.73. The Morgan fingerprint density at radius 2 is 2.26 bits per heavy atom. The maximum Gasteiger partial charge on any atom is 0.369 e. The molecule has 1 aromatic carbocycles. The molecule has 0 amide bonds. The Labute approximate surface area is 126 Å². The van der Waals surface area contributed by atoms with Gasteiger partial charge in [0.25, 0.3) is 5.19 Å². The lowest BCUT2D eigenvalue weighted by atomic mass is 10.3. The second-order valence-corrected chi connectivity index (χ2v) is 5.50. The number of ether oxygens (including phenoxy) is 2. The highest BCUT2D eigenvalue weighted by Gasteiger charge is 2.15. The van der Waals surface area contributed by atoms with Crippen molar-refractivity contribution < 1.29 is 14.3 Å². The van der Waals surface area contributed by atoms with Crippen LogP contribution in [0.1, 0.15) is 16.7 Å². The van der Waals surface area contributed by atoms with Crippen molar-refractivity contribution in [2.24, 2.45) is 0 Å². The SMILES string of the molecule is CCOC(=O)c1nnc(Oc2ccc(Cl)cc2Br)s1. The van der Waals surface area contributed by atoms with E-state index < -0.39 is 5.97 Å². The number of carbonyl (C=O) groups excluding carboxylic acids is 1. The first-order chi connectivity index (χ1) is 9.10. The van der Waals surface area contributed by atoms with E-state index in [-0.39, 0.29) is 16.8 Å². The van der Waals surface area contributed by atoms with Crippen molar-refractivity contribution in [1.82, 2.24) is 10.2 Å². The highest BCUT2D eigenvalue weighted by Crippen LogP contribution is 2.33. The number of halogens is 2. The third kappa shape index (κ3) is 3.65. The Hall–Kier alpha value is -1.18. The van der Waals surface area contributed by atoms with E-state index >= 15 is 0 Å². The predicted molar refractivity (Wildman–Crippen MR) is 75.1 cm³/mol. The molecule has 5 nitrogen and oxygen atoms in total. The van der Waals surface area contributed by atoms with Crippen molar-refractivity contribution in [2.75, 3.05) is 6.61 Å². The molecule has 0 unspecified atom stereocenters. The Bertz CT molecular complexity index is 605. The molecule has 2 rings (SSSR count). The zero-order valence-electron chi connectivity index (χ0n) is 9.72. The summed E-state index contributed by atoms with van der Waals surface area (Å²) in [6.45, 7) is 2.01. The quantitative estimate of drug-likeness (QED) is 0.770. The second-order valence-electron chi connectivity index (χ2n) is 3.27. The number of rotatable bonds is 4. The first-order valence-corrected chi connectivity index (χ1v) is 7.22. The zero-order valence-corrected chi connectivity index (χ0v) is 12.9. The van der Waals surface area contributed by atoms with Crippen LogP contribution >= 0.6 is 38.9 Å². The number of hydrogen-bond acceptors (Lipinski definition) is 6. The molecular weight excluding hydrogens is 356 g/mol. The van der Waals surface area contributed by atoms with Crippen LogP contribution in [-0.4, -0.2) is 22.8 Å². The van der Waals surface area contributed by atoms with E-state index in [0.29, 0.717) is 15.2 Å². The molecule has 0 aliphatic carbocycles. The molecule has 0 bridgehead atoms. The number of nitrogens with zero attached hydrogens (tertiary/aromatic N) is 2. The molecule has 100 valence electrons. The van der Waals surface area contributed by atoms with E-state index in [0.717, 1.165) is 11.3 Å². The van der Waals surface area contributed by atoms with Crippen molar-refractivity contribution in [3.05, 3.63) is 32.7 Å². The van der Waals surface area contributed by atoms with Gasteiger partial charge in [-0.05, 0) is 52.4 Å². The number of benzene rings is 1. The summed E-state index contributed by atoms with van der Waals surface area (Å²) in [5.41, 5.74) is 0. The third-order valence-electron chi connectivity index (χ3n) is 1.95. The second kappa shape index (κ2) is 6.31. The summed E-state index contributed by atoms with van der Waals surface area (Å²) in [5.74, 6) is 0.0287. The summed E-state index contributed by atoms with van der Waals surface area (Å²) >= 11 is 10.2. The Morgan fingerprint density at radius 1 is 1.47 bits per heavy atom. The lowest BCUT2D eigenvalue weighted by molar-refractivity contribution is 0.0525. The van der Waals surface area contributed by atoms with Gasteiger partial charge < -0.3 is 9.47 Å². The summed E-state index contributed by atoms with van der Waals surface area (Å²) in [7, 11) is 0. The molecule has 1 heterocycles. The third-order valence-corrected chi connectivity index (χ3v) is 3.58. The molecule has 8 heteroatoms. The molecule has 0 atom stereocenters. The van der Waals surface area contributed by atoms with E-state index in [1.165, 1.54) is 0 Å². The number of hydrogen-bond donors (Lipinski definition) is 0. The van der Waals surface area contributed by atoms with Gasteiger partial charge in [0.05, 0.1) is 11.1 Å². The molecule has 0 saturated heterocycles. The molecule has 19 heavy (non-hydrogen) atoms. The zero-order chi connectivity index (χ0) is 13.8. The molecule has 0 saturated carbocycles. The van der Waals surface area contributed by atoms with E-state index in [4.69, 9.17) is 21.1 Å². The van der Waals surface area contributed by atoms with Crippen LogP contribution in [0, 0.1) is 0 Å². The van der Waals surface area contributed by atoms with Gasteiger partial charge in [0.15, 0.2) is 0 Å². The highest BCUT2D eigenvalue weighted by atomic mass is 79.9. The smallest absolute Gasteiger partial charge is 0.369 e. The van der Waals surface area contributed by atoms with Gasteiger partial charge in [-0.1, -0.05) is 16.7 Å². The van der Waals surface area contributed by atoms with Gasteiger partial charge in [-0.3, -0.25) is 0 Å². The average Bonchev–Trinajstić information content (AvgIpc) is 2.82. The minimum absolute atomic E-state index is 0.155. The monoisotopic (exact) mass is 362 g/mol. The van der Waals surface area contributed by atoms with Crippen molar-refractivity contribution >= 4 is 44.8 Å². The summed E-state index contributed by atoms with van der Waals surface area (Å²) in [4.78, 5) is 11.4. The van der Waals surface area contributed by atoms with Gasteiger partial charge in [-0.25, -0.2) is 4.79 Å². The minimum atomic E-state index is -0.509. The summed E-state index contributed by atoms with van der Waals surface area (Å²) in [6.07, 6.45) is 0. The van der Waals surface area contributed by atoms with Gasteiger partial charge >= 0.3 is 5.97 Å². The standard InChI is InChI=1S/C11H8BrClN2O3S/c1-2-17-10(16)9-14-15-11(19-9)18-8-4-3-6(13)5-7(8)12/h3-5H,2H2,1H3. The minimum Gasteiger partial charge on any atom is -0.461 e. The molecule has 1 aromatic heterocycles. The number of aromatic nitrogens is 2. The highest BCUT2D eigenvalue weighted by molar-refractivity contribution is 9.10. The van der Waals surface area contributed by atoms with E-state index in [9.17, 15) is 4.79 Å². The lowest BCUT2D eigenvalue weighted by Gasteiger charge is -2.03. The van der Waals surface area contributed by atoms with Crippen LogP contribution in [0.25, 0.3) is 0 Å². The molecule has 0 aliphatic rings. The molecule has 0 fully saturated rings. The van der Waals surface area contributed by atoms with Crippen molar-refractivity contribution in [2.45, 2.75) is 6.92 Å². The molecular formula is C11H8BrClN2O3S. The van der Waals surface area contributed by atoms with Crippen LogP contribution in [0.15, 0.2) is 22.7 Å². The Balaban J connectivity index is 2.13. The fourth-order valence-electron chi connectivity index (χ4n) is 1.18. The van der Waals surface area contributed by atoms with Crippen LogP contribution < -0.4 is 4.74 Å². The number of carbonyl (C=O) groups is 1. The summed E-state index contributed by atoms with van der Waals surface area (Å²) in [5, 5.41) is 8.47. The first-order valence-electron chi connectivity index (χ1n) is 5.23. The fourth-order valence-corrected chi connectivity index (χ4v) is 2.54. The fraction of sp³-hybridized carbons (Fsp3) is 0.182. The van der Waals surface area contributed by atoms with Crippen LogP contribution in [0.2, 0.25) is 5.02 Å². The first kappa shape index (κ1) is 14.2. The molecule has 0 N–H and O–H groups in total. The summed E-state index contributed by atoms with van der Waals surface area (Å²) < 4.78 is 11.0. The Morgan fingerprint density at radius 3 is 2.95 bits per heavy atom. The van der Waals surface area contributed by atoms with E-state index in [1.54, 1.807) is 25.1 Å². The molecule has 0 aliphatic heterocycles. The van der Waals surface area contributed by atoms with Gasteiger partial charge in [0, 0.05) is 5.02 Å². The van der Waals surface area contributed by atoms with E-state index in [2.05, 4.69) is 26.1 Å². The van der Waals surface area contributed by atoms with E-state index in [1.807, 2.05) is 0 Å². The lowest BCUT2D eigenvalue weighted by Crippen LogP contribution is -2.03. The van der Waals surface area contributed by atoms with Crippen LogP contribution in [0.3, 0.4) is 0 Å². The average molecular weight is 364 g/mol. The molecule has 2 aromatic rings. The van der Waals surface area contributed by atoms with Gasteiger partial charge in [0.2, 0.25) is 5.01 Å². The van der Waals surface area contributed by atoms with Crippen molar-refractivity contribution in [1.29, 1.82) is 0 Å². The number of esters is 1. The van der Waals surface area contributed by atoms with Gasteiger partial charge in [-0.15, -0.1) is 5.10 Å². The largest absolute Gasteiger partial charge is 0.461 e. The van der Waals surface area contributed by atoms with Crippen LogP contribution in [0.4, 0.5) is 0 Å². The van der Waals surface area contributed by atoms with Gasteiger partial charge in [0.1, 0.15) is 5.75 Å². The van der Waals surface area contributed by atoms with Crippen molar-refractivity contribution in [3.8, 4) is 10.9 Å². The van der Waals surface area contributed by atoms with Gasteiger partial charge in [-0.2, -0.15) is 0 Å². The molecule has 0 spiro atoms. The van der Waals surface area contributed by atoms with Crippen LogP contribution in [-0.2, 0) is 4.74 Å². The van der Waals surface area contributed by atoms with Crippen molar-refractivity contribution in [3.63, 3.8) is 0 Å². The maximum atomic E-state index is 11.4. The summed E-state index contributed by atoms with van der Waals surface area (Å²) in [6, 6.07) is 5.08. The molecule has 0 radical (unpaired) electrons. The maximum absolute atomic E-state index is 11.4. The topological polar surface area (TPSA) is 61.3 Å². The normalized spacial score (nSPS) is 10.3. The van der Waals surface area contributed by atoms with Crippen LogP contribution in [0.5, 0.6) is 10.9 Å². The predicted octanol–water partition coefficient (Wildman–Crippen LogP) is 3.92.